The van der Waals surface area contributed by atoms with Gasteiger partial charge in [-0.15, -0.1) is 11.3 Å². The second-order valence-electron chi connectivity index (χ2n) is 6.60. The van der Waals surface area contributed by atoms with E-state index in [0.29, 0.717) is 18.0 Å². The molecule has 2 atom stereocenters. The minimum absolute atomic E-state index is 0.0598. The number of aryl methyl sites for hydroxylation is 1. The number of hydrogen-bond donors (Lipinski definition) is 0. The molecule has 24 heavy (non-hydrogen) atoms. The van der Waals surface area contributed by atoms with E-state index in [1.54, 1.807) is 28.4 Å². The summed E-state index contributed by atoms with van der Waals surface area (Å²) in [5, 5.41) is 6.22. The van der Waals surface area contributed by atoms with Gasteiger partial charge < -0.3 is 9.64 Å². The molecule has 7 heteroatoms. The van der Waals surface area contributed by atoms with Crippen LogP contribution < -0.4 is 0 Å². The first-order chi connectivity index (χ1) is 11.7. The quantitative estimate of drug-likeness (QED) is 0.844. The van der Waals surface area contributed by atoms with E-state index in [1.165, 1.54) is 4.88 Å². The third kappa shape index (κ3) is 3.24. The molecule has 0 saturated carbocycles. The number of thiophene rings is 1. The Kier molecular flexibility index (Phi) is 4.39. The normalized spacial score (nSPS) is 24.8. The topological polar surface area (TPSA) is 50.6 Å². The molecule has 0 bridgehead atoms. The van der Waals surface area contributed by atoms with E-state index in [0.717, 1.165) is 32.8 Å². The summed E-state index contributed by atoms with van der Waals surface area (Å²) in [4.78, 5) is 18.4. The van der Waals surface area contributed by atoms with Gasteiger partial charge in [-0.05, 0) is 11.4 Å². The summed E-state index contributed by atoms with van der Waals surface area (Å²) in [5.74, 6) is 0.442. The molecule has 2 aromatic rings. The van der Waals surface area contributed by atoms with Crippen LogP contribution in [0.25, 0.3) is 0 Å². The van der Waals surface area contributed by atoms with Gasteiger partial charge in [0.15, 0.2) is 0 Å². The molecule has 0 spiro atoms. The average molecular weight is 346 g/mol. The minimum atomic E-state index is 0.0598. The predicted molar refractivity (Wildman–Crippen MR) is 91.9 cm³/mol. The highest BCUT2D eigenvalue weighted by molar-refractivity contribution is 7.09. The van der Waals surface area contributed by atoms with Crippen LogP contribution in [0.1, 0.15) is 15.2 Å². The van der Waals surface area contributed by atoms with Crippen molar-refractivity contribution in [2.45, 2.75) is 12.6 Å². The lowest BCUT2D eigenvalue weighted by atomic mass is 10.1. The van der Waals surface area contributed by atoms with Gasteiger partial charge in [-0.25, -0.2) is 0 Å². The van der Waals surface area contributed by atoms with Crippen molar-refractivity contribution in [1.29, 1.82) is 0 Å². The van der Waals surface area contributed by atoms with Gasteiger partial charge in [0.25, 0.3) is 5.91 Å². The van der Waals surface area contributed by atoms with Crippen LogP contribution in [-0.2, 0) is 18.3 Å². The number of likely N-dealkylation sites (tertiary alicyclic amines) is 1. The Morgan fingerprint density at radius 3 is 3.08 bits per heavy atom. The highest BCUT2D eigenvalue weighted by Gasteiger charge is 2.38. The van der Waals surface area contributed by atoms with E-state index in [9.17, 15) is 4.79 Å². The van der Waals surface area contributed by atoms with E-state index in [2.05, 4.69) is 27.5 Å². The Hall–Kier alpha value is -1.70. The van der Waals surface area contributed by atoms with Crippen LogP contribution in [0.15, 0.2) is 29.9 Å². The molecule has 0 unspecified atom stereocenters. The number of ether oxygens (including phenoxy) is 1. The van der Waals surface area contributed by atoms with Crippen LogP contribution in [0, 0.1) is 5.92 Å². The Morgan fingerprint density at radius 1 is 1.42 bits per heavy atom. The van der Waals surface area contributed by atoms with Crippen LogP contribution in [0.4, 0.5) is 0 Å². The number of carbonyl (C=O) groups excluding carboxylic acids is 1. The molecule has 2 aliphatic heterocycles. The maximum atomic E-state index is 12.6. The highest BCUT2D eigenvalue weighted by Crippen LogP contribution is 2.26. The molecule has 0 aromatic carbocycles. The summed E-state index contributed by atoms with van der Waals surface area (Å²) < 4.78 is 7.71. The first kappa shape index (κ1) is 15.8. The maximum absolute atomic E-state index is 12.6. The Morgan fingerprint density at radius 2 is 2.33 bits per heavy atom. The molecular formula is C17H22N4O2S. The molecule has 2 aliphatic rings. The van der Waals surface area contributed by atoms with Gasteiger partial charge in [-0.3, -0.25) is 14.4 Å². The monoisotopic (exact) mass is 346 g/mol. The molecule has 128 valence electrons. The van der Waals surface area contributed by atoms with Crippen molar-refractivity contribution >= 4 is 17.2 Å². The molecule has 4 rings (SSSR count). The first-order valence-corrected chi connectivity index (χ1v) is 9.21. The SMILES string of the molecule is Cn1cc(C(=O)N2C[C@H]3CN(Cc4cccs4)CCO[C@H]3C2)cn1. The van der Waals surface area contributed by atoms with Gasteiger partial charge in [0.1, 0.15) is 0 Å². The highest BCUT2D eigenvalue weighted by atomic mass is 32.1. The van der Waals surface area contributed by atoms with E-state index in [4.69, 9.17) is 4.74 Å². The van der Waals surface area contributed by atoms with E-state index >= 15 is 0 Å². The molecule has 6 nitrogen and oxygen atoms in total. The smallest absolute Gasteiger partial charge is 0.257 e. The number of aromatic nitrogens is 2. The summed E-state index contributed by atoms with van der Waals surface area (Å²) in [6.07, 6.45) is 3.57. The number of nitrogens with zero attached hydrogens (tertiary/aromatic N) is 4. The molecule has 2 aromatic heterocycles. The summed E-state index contributed by atoms with van der Waals surface area (Å²) in [6.45, 7) is 5.10. The van der Waals surface area contributed by atoms with Crippen LogP contribution in [0.5, 0.6) is 0 Å². The summed E-state index contributed by atoms with van der Waals surface area (Å²) >= 11 is 1.80. The number of carbonyl (C=O) groups is 1. The lowest BCUT2D eigenvalue weighted by molar-refractivity contribution is 0.0483. The molecule has 2 saturated heterocycles. The van der Waals surface area contributed by atoms with Gasteiger partial charge in [0, 0.05) is 56.8 Å². The molecule has 0 N–H and O–H groups in total. The van der Waals surface area contributed by atoms with E-state index in [-0.39, 0.29) is 12.0 Å². The lowest BCUT2D eigenvalue weighted by Crippen LogP contribution is -2.33. The third-order valence-corrected chi connectivity index (χ3v) is 5.67. The second kappa shape index (κ2) is 6.66. The van der Waals surface area contributed by atoms with Crippen molar-refractivity contribution in [3.05, 3.63) is 40.3 Å². The average Bonchev–Trinajstić information content (AvgIpc) is 3.28. The fraction of sp³-hybridized carbons (Fsp3) is 0.529. The van der Waals surface area contributed by atoms with Crippen LogP contribution >= 0.6 is 11.3 Å². The van der Waals surface area contributed by atoms with Crippen molar-refractivity contribution in [2.24, 2.45) is 13.0 Å². The van der Waals surface area contributed by atoms with Gasteiger partial charge in [0.05, 0.1) is 24.5 Å². The first-order valence-electron chi connectivity index (χ1n) is 8.33. The minimum Gasteiger partial charge on any atom is -0.375 e. The third-order valence-electron chi connectivity index (χ3n) is 4.81. The lowest BCUT2D eigenvalue weighted by Gasteiger charge is -2.22. The largest absolute Gasteiger partial charge is 0.375 e. The number of rotatable bonds is 3. The van der Waals surface area contributed by atoms with Gasteiger partial charge in [-0.1, -0.05) is 6.07 Å². The molecule has 0 radical (unpaired) electrons. The molecular weight excluding hydrogens is 324 g/mol. The van der Waals surface area contributed by atoms with Crippen LogP contribution in [0.3, 0.4) is 0 Å². The Labute approximate surface area is 145 Å². The number of amides is 1. The zero-order valence-corrected chi connectivity index (χ0v) is 14.6. The van der Waals surface area contributed by atoms with Crippen molar-refractivity contribution in [3.63, 3.8) is 0 Å². The van der Waals surface area contributed by atoms with Gasteiger partial charge >= 0.3 is 0 Å². The zero-order chi connectivity index (χ0) is 16.5. The molecule has 2 fully saturated rings. The van der Waals surface area contributed by atoms with Gasteiger partial charge in [-0.2, -0.15) is 5.10 Å². The zero-order valence-electron chi connectivity index (χ0n) is 13.8. The molecule has 1 amide bonds. The fourth-order valence-electron chi connectivity index (χ4n) is 3.61. The molecule has 4 heterocycles. The Bertz CT molecular complexity index is 699. The van der Waals surface area contributed by atoms with E-state index in [1.807, 2.05) is 11.9 Å². The van der Waals surface area contributed by atoms with E-state index < -0.39 is 0 Å². The summed E-state index contributed by atoms with van der Waals surface area (Å²) in [5.41, 5.74) is 0.657. The van der Waals surface area contributed by atoms with Crippen molar-refractivity contribution in [2.75, 3.05) is 32.8 Å². The Balaban J connectivity index is 1.41. The standard InChI is InChI=1S/C17H22N4O2S/c1-19-8-13(7-18-19)17(22)21-10-14-9-20(4-5-23-16(14)12-21)11-15-3-2-6-24-15/h2-3,6-8,14,16H,4-5,9-12H2,1H3/t14-,16+/m1/s1. The maximum Gasteiger partial charge on any atom is 0.257 e. The predicted octanol–water partition coefficient (Wildman–Crippen LogP) is 1.45. The van der Waals surface area contributed by atoms with Gasteiger partial charge in [0.2, 0.25) is 0 Å². The second-order valence-corrected chi connectivity index (χ2v) is 7.63. The van der Waals surface area contributed by atoms with Crippen LogP contribution in [-0.4, -0.2) is 64.4 Å². The number of hydrogen-bond acceptors (Lipinski definition) is 5. The summed E-state index contributed by atoms with van der Waals surface area (Å²) in [7, 11) is 1.83. The van der Waals surface area contributed by atoms with Crippen LogP contribution in [0.2, 0.25) is 0 Å². The number of fused-ring (bicyclic) bond motifs is 1. The van der Waals surface area contributed by atoms with Crippen molar-refractivity contribution < 1.29 is 9.53 Å². The van der Waals surface area contributed by atoms with Crippen molar-refractivity contribution in [1.82, 2.24) is 19.6 Å². The summed E-state index contributed by atoms with van der Waals surface area (Å²) in [6, 6.07) is 4.28. The molecule has 0 aliphatic carbocycles. The fourth-order valence-corrected chi connectivity index (χ4v) is 4.35. The van der Waals surface area contributed by atoms with Crippen molar-refractivity contribution in [3.8, 4) is 0 Å².